The zero-order valence-corrected chi connectivity index (χ0v) is 16.4. The van der Waals surface area contributed by atoms with Crippen molar-refractivity contribution in [3.63, 3.8) is 0 Å². The number of nitrogens with one attached hydrogen (secondary N) is 1. The second-order valence-electron chi connectivity index (χ2n) is 6.14. The molecule has 0 bridgehead atoms. The highest BCUT2D eigenvalue weighted by atomic mass is 79.9. The van der Waals surface area contributed by atoms with E-state index in [1.807, 2.05) is 35.7 Å². The Kier molecular flexibility index (Phi) is 4.80. The van der Waals surface area contributed by atoms with Gasteiger partial charge in [-0.05, 0) is 53.9 Å². The average Bonchev–Trinajstić information content (AvgIpc) is 3.13. The zero-order valence-electron chi connectivity index (χ0n) is 14.0. The van der Waals surface area contributed by atoms with Crippen molar-refractivity contribution >= 4 is 44.8 Å². The summed E-state index contributed by atoms with van der Waals surface area (Å²) in [7, 11) is 0. The lowest BCUT2D eigenvalue weighted by Crippen LogP contribution is -2.38. The second kappa shape index (κ2) is 7.25. The number of benzene rings is 2. The molecule has 1 N–H and O–H groups in total. The molecule has 2 aromatic carbocycles. The number of thiophene rings is 1. The molecule has 0 aliphatic carbocycles. The monoisotopic (exact) mass is 444 g/mol. The summed E-state index contributed by atoms with van der Waals surface area (Å²) in [5.41, 5.74) is 1.84. The van der Waals surface area contributed by atoms with Gasteiger partial charge in [0.2, 0.25) is 5.91 Å². The molecule has 27 heavy (non-hydrogen) atoms. The Labute approximate surface area is 167 Å². The molecule has 7 heteroatoms. The first kappa shape index (κ1) is 17.9. The summed E-state index contributed by atoms with van der Waals surface area (Å²) in [6.07, 6.45) is 0. The lowest BCUT2D eigenvalue weighted by Gasteiger charge is -2.29. The number of rotatable bonds is 2. The molecule has 1 aliphatic heterocycles. The van der Waals surface area contributed by atoms with Crippen LogP contribution >= 0.6 is 27.3 Å². The lowest BCUT2D eigenvalue weighted by atomic mass is 10.0. The third kappa shape index (κ3) is 3.52. The van der Waals surface area contributed by atoms with Crippen LogP contribution in [0.15, 0.2) is 64.5 Å². The van der Waals surface area contributed by atoms with E-state index in [0.29, 0.717) is 11.3 Å². The van der Waals surface area contributed by atoms with Crippen LogP contribution in [0.5, 0.6) is 0 Å². The topological polar surface area (TPSA) is 49.4 Å². The molecular weight excluding hydrogens is 431 g/mol. The molecule has 0 saturated heterocycles. The normalized spacial score (nSPS) is 16.4. The molecule has 3 aromatic rings. The maximum atomic E-state index is 13.3. The largest absolute Gasteiger partial charge is 0.324 e. The first-order valence-corrected chi connectivity index (χ1v) is 9.89. The minimum absolute atomic E-state index is 0.0922. The van der Waals surface area contributed by atoms with Crippen molar-refractivity contribution in [1.29, 1.82) is 0 Å². The van der Waals surface area contributed by atoms with Crippen molar-refractivity contribution in [2.45, 2.75) is 6.04 Å². The first-order chi connectivity index (χ1) is 13.0. The van der Waals surface area contributed by atoms with E-state index in [0.717, 1.165) is 14.9 Å². The highest BCUT2D eigenvalue weighted by Crippen LogP contribution is 2.39. The summed E-state index contributed by atoms with van der Waals surface area (Å²) < 4.78 is 14.1. The van der Waals surface area contributed by atoms with Crippen LogP contribution in [0.25, 0.3) is 0 Å². The maximum absolute atomic E-state index is 13.3. The van der Waals surface area contributed by atoms with E-state index in [4.69, 9.17) is 0 Å². The molecule has 2 amide bonds. The molecule has 0 saturated carbocycles. The molecule has 2 heterocycles. The Morgan fingerprint density at radius 3 is 2.67 bits per heavy atom. The molecule has 0 radical (unpaired) electrons. The summed E-state index contributed by atoms with van der Waals surface area (Å²) in [6, 6.07) is 14.4. The van der Waals surface area contributed by atoms with Gasteiger partial charge in [0.1, 0.15) is 12.4 Å². The fourth-order valence-corrected chi connectivity index (χ4v) is 4.41. The minimum Gasteiger partial charge on any atom is -0.324 e. The molecule has 4 nitrogen and oxygen atoms in total. The number of anilines is 1. The van der Waals surface area contributed by atoms with E-state index in [1.165, 1.54) is 40.5 Å². The summed E-state index contributed by atoms with van der Waals surface area (Å²) in [5.74, 6) is -1.01. The van der Waals surface area contributed by atoms with E-state index >= 15 is 0 Å². The van der Waals surface area contributed by atoms with Crippen LogP contribution in [-0.4, -0.2) is 23.3 Å². The SMILES string of the molecule is O=C1CN(C(=O)c2ccc(F)cc2)C(c2cccs2)c2cc(Br)ccc2N1. The average molecular weight is 445 g/mol. The Balaban J connectivity index is 1.86. The third-order valence-electron chi connectivity index (χ3n) is 4.37. The van der Waals surface area contributed by atoms with Gasteiger partial charge < -0.3 is 10.2 Å². The summed E-state index contributed by atoms with van der Waals surface area (Å²) >= 11 is 5.00. The Morgan fingerprint density at radius 2 is 1.96 bits per heavy atom. The highest BCUT2D eigenvalue weighted by Gasteiger charge is 2.34. The lowest BCUT2D eigenvalue weighted by molar-refractivity contribution is -0.117. The molecule has 0 fully saturated rings. The zero-order chi connectivity index (χ0) is 19.0. The first-order valence-electron chi connectivity index (χ1n) is 8.22. The molecule has 1 aliphatic rings. The van der Waals surface area contributed by atoms with E-state index in [-0.39, 0.29) is 18.4 Å². The summed E-state index contributed by atoms with van der Waals surface area (Å²) in [6.45, 7) is -0.0922. The van der Waals surface area contributed by atoms with Gasteiger partial charge in [-0.1, -0.05) is 22.0 Å². The standard InChI is InChI=1S/C20H14BrFN2O2S/c21-13-5-8-16-15(10-13)19(17-2-1-9-27-17)24(11-18(25)23-16)20(26)12-3-6-14(22)7-4-12/h1-10,19H,11H2,(H,23,25). The predicted molar refractivity (Wildman–Crippen MR) is 106 cm³/mol. The van der Waals surface area contributed by atoms with Gasteiger partial charge in [-0.25, -0.2) is 4.39 Å². The Bertz CT molecular complexity index is 1010. The van der Waals surface area contributed by atoms with Crippen molar-refractivity contribution < 1.29 is 14.0 Å². The number of hydrogen-bond acceptors (Lipinski definition) is 3. The van der Waals surface area contributed by atoms with Gasteiger partial charge in [0.05, 0.1) is 6.04 Å². The van der Waals surface area contributed by atoms with Gasteiger partial charge in [0, 0.05) is 26.2 Å². The van der Waals surface area contributed by atoms with Gasteiger partial charge >= 0.3 is 0 Å². The summed E-state index contributed by atoms with van der Waals surface area (Å²) in [4.78, 5) is 28.2. The smallest absolute Gasteiger partial charge is 0.255 e. The van der Waals surface area contributed by atoms with Crippen LogP contribution in [0.4, 0.5) is 10.1 Å². The number of carbonyl (C=O) groups excluding carboxylic acids is 2. The molecule has 1 unspecified atom stereocenters. The number of fused-ring (bicyclic) bond motifs is 1. The fourth-order valence-electron chi connectivity index (χ4n) is 3.18. The van der Waals surface area contributed by atoms with Crippen LogP contribution in [0, 0.1) is 5.82 Å². The molecular formula is C20H14BrFN2O2S. The van der Waals surface area contributed by atoms with Crippen molar-refractivity contribution in [1.82, 2.24) is 4.90 Å². The van der Waals surface area contributed by atoms with Crippen molar-refractivity contribution in [3.8, 4) is 0 Å². The van der Waals surface area contributed by atoms with Gasteiger partial charge in [0.25, 0.3) is 5.91 Å². The molecule has 0 spiro atoms. The quantitative estimate of drug-likeness (QED) is 0.614. The minimum atomic E-state index is -0.422. The van der Waals surface area contributed by atoms with Crippen LogP contribution in [-0.2, 0) is 4.79 Å². The summed E-state index contributed by atoms with van der Waals surface area (Å²) in [5, 5.41) is 4.82. The Hall–Kier alpha value is -2.51. The van der Waals surface area contributed by atoms with E-state index in [2.05, 4.69) is 21.2 Å². The van der Waals surface area contributed by atoms with E-state index in [1.54, 1.807) is 0 Å². The van der Waals surface area contributed by atoms with Crippen molar-refractivity contribution in [3.05, 3.63) is 86.3 Å². The Morgan fingerprint density at radius 1 is 1.19 bits per heavy atom. The predicted octanol–water partition coefficient (Wildman–Crippen LogP) is 4.83. The van der Waals surface area contributed by atoms with Gasteiger partial charge in [0.15, 0.2) is 0 Å². The molecule has 1 aromatic heterocycles. The third-order valence-corrected chi connectivity index (χ3v) is 5.79. The number of hydrogen-bond donors (Lipinski definition) is 1. The van der Waals surface area contributed by atoms with Crippen molar-refractivity contribution in [2.24, 2.45) is 0 Å². The van der Waals surface area contributed by atoms with Crippen LogP contribution in [0.1, 0.15) is 26.8 Å². The van der Waals surface area contributed by atoms with Gasteiger partial charge in [-0.15, -0.1) is 11.3 Å². The molecule has 1 atom stereocenters. The number of halogens is 2. The maximum Gasteiger partial charge on any atom is 0.255 e. The number of nitrogens with zero attached hydrogens (tertiary/aromatic N) is 1. The van der Waals surface area contributed by atoms with Gasteiger partial charge in [-0.2, -0.15) is 0 Å². The van der Waals surface area contributed by atoms with Crippen LogP contribution in [0.3, 0.4) is 0 Å². The van der Waals surface area contributed by atoms with E-state index < -0.39 is 11.9 Å². The van der Waals surface area contributed by atoms with Crippen LogP contribution in [0.2, 0.25) is 0 Å². The van der Waals surface area contributed by atoms with E-state index in [9.17, 15) is 14.0 Å². The molecule has 4 rings (SSSR count). The second-order valence-corrected chi connectivity index (χ2v) is 8.03. The van der Waals surface area contributed by atoms with Gasteiger partial charge in [-0.3, -0.25) is 9.59 Å². The fraction of sp³-hybridized carbons (Fsp3) is 0.100. The van der Waals surface area contributed by atoms with Crippen molar-refractivity contribution in [2.75, 3.05) is 11.9 Å². The van der Waals surface area contributed by atoms with Crippen LogP contribution < -0.4 is 5.32 Å². The number of amides is 2. The molecule has 136 valence electrons. The number of carbonyl (C=O) groups is 2. The highest BCUT2D eigenvalue weighted by molar-refractivity contribution is 9.10.